The zero-order chi connectivity index (χ0) is 17.8. The molecule has 1 N–H and O–H groups in total. The summed E-state index contributed by atoms with van der Waals surface area (Å²) in [6, 6.07) is 7.12. The Morgan fingerprint density at radius 3 is 2.64 bits per heavy atom. The standard InChI is InChI=1S/C18H25ClN4O2/c1-21-8-10-22(11-9-21)17(24)12-16-18(25)23(7-6-20-16)13-14-4-2-3-5-15(14)19/h2-5,16,20H,6-13H2,1H3. The minimum atomic E-state index is -0.441. The molecule has 2 saturated heterocycles. The van der Waals surface area contributed by atoms with Crippen LogP contribution in [-0.4, -0.2) is 78.9 Å². The molecule has 0 spiro atoms. The molecule has 2 heterocycles. The summed E-state index contributed by atoms with van der Waals surface area (Å²) in [6.45, 7) is 5.05. The van der Waals surface area contributed by atoms with Gasteiger partial charge in [0, 0.05) is 50.8 Å². The molecule has 2 amide bonds. The molecule has 0 saturated carbocycles. The second kappa shape index (κ2) is 8.17. The second-order valence-corrected chi connectivity index (χ2v) is 7.15. The van der Waals surface area contributed by atoms with Crippen LogP contribution in [0, 0.1) is 0 Å². The number of likely N-dealkylation sites (N-methyl/N-ethyl adjacent to an activating group) is 1. The van der Waals surface area contributed by atoms with Crippen molar-refractivity contribution in [2.75, 3.05) is 46.3 Å². The van der Waals surface area contributed by atoms with Crippen LogP contribution in [0.2, 0.25) is 5.02 Å². The van der Waals surface area contributed by atoms with Gasteiger partial charge in [-0.3, -0.25) is 9.59 Å². The van der Waals surface area contributed by atoms with Gasteiger partial charge in [0.1, 0.15) is 0 Å². The summed E-state index contributed by atoms with van der Waals surface area (Å²) in [6.07, 6.45) is 0.224. The highest BCUT2D eigenvalue weighted by Crippen LogP contribution is 2.19. The number of hydrogen-bond donors (Lipinski definition) is 1. The SMILES string of the molecule is CN1CCN(C(=O)CC2NCCN(Cc3ccccc3Cl)C2=O)CC1. The van der Waals surface area contributed by atoms with Gasteiger partial charge >= 0.3 is 0 Å². The van der Waals surface area contributed by atoms with Gasteiger partial charge in [-0.25, -0.2) is 0 Å². The van der Waals surface area contributed by atoms with E-state index in [4.69, 9.17) is 11.6 Å². The van der Waals surface area contributed by atoms with E-state index >= 15 is 0 Å². The van der Waals surface area contributed by atoms with E-state index in [1.807, 2.05) is 29.2 Å². The first kappa shape index (κ1) is 18.2. The van der Waals surface area contributed by atoms with E-state index in [-0.39, 0.29) is 18.2 Å². The molecule has 2 aliphatic heterocycles. The van der Waals surface area contributed by atoms with Gasteiger partial charge in [0.2, 0.25) is 11.8 Å². The number of carbonyl (C=O) groups excluding carboxylic acids is 2. The third-order valence-corrected chi connectivity index (χ3v) is 5.30. The molecule has 2 fully saturated rings. The summed E-state index contributed by atoms with van der Waals surface area (Å²) in [5.74, 6) is 0.0344. The number of hydrogen-bond acceptors (Lipinski definition) is 4. The Kier molecular flexibility index (Phi) is 5.93. The Labute approximate surface area is 153 Å². The summed E-state index contributed by atoms with van der Waals surface area (Å²) >= 11 is 6.21. The quantitative estimate of drug-likeness (QED) is 0.858. The smallest absolute Gasteiger partial charge is 0.240 e. The van der Waals surface area contributed by atoms with E-state index in [1.165, 1.54) is 0 Å². The maximum absolute atomic E-state index is 12.8. The average molecular weight is 365 g/mol. The first-order valence-corrected chi connectivity index (χ1v) is 9.14. The van der Waals surface area contributed by atoms with Crippen molar-refractivity contribution in [2.24, 2.45) is 0 Å². The van der Waals surface area contributed by atoms with Crippen LogP contribution < -0.4 is 5.32 Å². The van der Waals surface area contributed by atoms with Crippen LogP contribution in [-0.2, 0) is 16.1 Å². The number of nitrogens with zero attached hydrogens (tertiary/aromatic N) is 3. The van der Waals surface area contributed by atoms with Crippen molar-refractivity contribution in [1.82, 2.24) is 20.0 Å². The van der Waals surface area contributed by atoms with Crippen LogP contribution in [0.5, 0.6) is 0 Å². The van der Waals surface area contributed by atoms with E-state index in [1.54, 1.807) is 4.90 Å². The maximum atomic E-state index is 12.8. The lowest BCUT2D eigenvalue weighted by Crippen LogP contribution is -2.57. The van der Waals surface area contributed by atoms with Crippen molar-refractivity contribution >= 4 is 23.4 Å². The minimum absolute atomic E-state index is 0.0198. The van der Waals surface area contributed by atoms with Crippen molar-refractivity contribution in [1.29, 1.82) is 0 Å². The summed E-state index contributed by atoms with van der Waals surface area (Å²) in [4.78, 5) is 31.1. The van der Waals surface area contributed by atoms with Gasteiger partial charge in [-0.1, -0.05) is 29.8 Å². The minimum Gasteiger partial charge on any atom is -0.340 e. The normalized spacial score (nSPS) is 22.3. The van der Waals surface area contributed by atoms with Crippen LogP contribution in [0.15, 0.2) is 24.3 Å². The summed E-state index contributed by atoms with van der Waals surface area (Å²) < 4.78 is 0. The zero-order valence-electron chi connectivity index (χ0n) is 14.6. The summed E-state index contributed by atoms with van der Waals surface area (Å²) in [5, 5.41) is 3.86. The molecule has 2 aliphatic rings. The van der Waals surface area contributed by atoms with Crippen LogP contribution in [0.3, 0.4) is 0 Å². The molecule has 3 rings (SSSR count). The second-order valence-electron chi connectivity index (χ2n) is 6.75. The fourth-order valence-electron chi connectivity index (χ4n) is 3.30. The number of halogens is 1. The fourth-order valence-corrected chi connectivity index (χ4v) is 3.50. The van der Waals surface area contributed by atoms with Gasteiger partial charge in [-0.05, 0) is 18.7 Å². The lowest BCUT2D eigenvalue weighted by atomic mass is 10.1. The van der Waals surface area contributed by atoms with Gasteiger partial charge in [0.15, 0.2) is 0 Å². The van der Waals surface area contributed by atoms with Crippen LogP contribution in [0.4, 0.5) is 0 Å². The molecule has 0 aliphatic carbocycles. The molecule has 1 unspecified atom stereocenters. The van der Waals surface area contributed by atoms with E-state index in [9.17, 15) is 9.59 Å². The van der Waals surface area contributed by atoms with E-state index in [0.717, 1.165) is 31.7 Å². The van der Waals surface area contributed by atoms with Crippen LogP contribution in [0.1, 0.15) is 12.0 Å². The predicted octanol–water partition coefficient (Wildman–Crippen LogP) is 0.805. The van der Waals surface area contributed by atoms with Crippen molar-refractivity contribution < 1.29 is 9.59 Å². The highest BCUT2D eigenvalue weighted by Gasteiger charge is 2.32. The molecule has 0 aromatic heterocycles. The molecule has 136 valence electrons. The molecule has 0 bridgehead atoms. The molecule has 25 heavy (non-hydrogen) atoms. The van der Waals surface area contributed by atoms with Gasteiger partial charge in [0.05, 0.1) is 12.5 Å². The van der Waals surface area contributed by atoms with Crippen LogP contribution >= 0.6 is 11.6 Å². The summed E-state index contributed by atoms with van der Waals surface area (Å²) in [5.41, 5.74) is 0.934. The number of nitrogens with one attached hydrogen (secondary N) is 1. The monoisotopic (exact) mass is 364 g/mol. The van der Waals surface area contributed by atoms with E-state index in [2.05, 4.69) is 17.3 Å². The molecule has 0 radical (unpaired) electrons. The van der Waals surface area contributed by atoms with Crippen molar-refractivity contribution in [2.45, 2.75) is 19.0 Å². The Morgan fingerprint density at radius 1 is 1.20 bits per heavy atom. The third kappa shape index (κ3) is 4.51. The number of rotatable bonds is 4. The predicted molar refractivity (Wildman–Crippen MR) is 97.4 cm³/mol. The number of benzene rings is 1. The van der Waals surface area contributed by atoms with Crippen LogP contribution in [0.25, 0.3) is 0 Å². The highest BCUT2D eigenvalue weighted by atomic mass is 35.5. The first-order chi connectivity index (χ1) is 12.0. The molecular formula is C18H25ClN4O2. The van der Waals surface area contributed by atoms with Gasteiger partial charge in [0.25, 0.3) is 0 Å². The molecule has 7 heteroatoms. The van der Waals surface area contributed by atoms with Gasteiger partial charge < -0.3 is 20.0 Å². The number of piperazine rings is 2. The van der Waals surface area contributed by atoms with Crippen molar-refractivity contribution in [3.63, 3.8) is 0 Å². The molecule has 6 nitrogen and oxygen atoms in total. The number of amides is 2. The fraction of sp³-hybridized carbons (Fsp3) is 0.556. The first-order valence-electron chi connectivity index (χ1n) is 8.76. The topological polar surface area (TPSA) is 55.9 Å². The lowest BCUT2D eigenvalue weighted by Gasteiger charge is -2.36. The Hall–Kier alpha value is -1.63. The van der Waals surface area contributed by atoms with E-state index in [0.29, 0.717) is 24.7 Å². The van der Waals surface area contributed by atoms with Gasteiger partial charge in [-0.15, -0.1) is 0 Å². The lowest BCUT2D eigenvalue weighted by molar-refractivity contribution is -0.142. The molecule has 1 atom stereocenters. The Bertz CT molecular complexity index is 631. The average Bonchev–Trinajstić information content (AvgIpc) is 2.61. The highest BCUT2D eigenvalue weighted by molar-refractivity contribution is 6.31. The Balaban J connectivity index is 1.58. The zero-order valence-corrected chi connectivity index (χ0v) is 15.3. The van der Waals surface area contributed by atoms with Crippen molar-refractivity contribution in [3.05, 3.63) is 34.9 Å². The van der Waals surface area contributed by atoms with E-state index < -0.39 is 6.04 Å². The van der Waals surface area contributed by atoms with Crippen molar-refractivity contribution in [3.8, 4) is 0 Å². The Morgan fingerprint density at radius 2 is 1.92 bits per heavy atom. The summed E-state index contributed by atoms with van der Waals surface area (Å²) in [7, 11) is 2.06. The molecule has 1 aromatic carbocycles. The number of carbonyl (C=O) groups is 2. The molecular weight excluding hydrogens is 340 g/mol. The maximum Gasteiger partial charge on any atom is 0.240 e. The van der Waals surface area contributed by atoms with Gasteiger partial charge in [-0.2, -0.15) is 0 Å². The largest absolute Gasteiger partial charge is 0.340 e. The molecule has 1 aromatic rings. The third-order valence-electron chi connectivity index (χ3n) is 4.94.